The molecule has 0 bridgehead atoms. The third-order valence-electron chi connectivity index (χ3n) is 3.19. The number of hydrogen-bond donors (Lipinski definition) is 1. The van der Waals surface area contributed by atoms with E-state index < -0.39 is 0 Å². The number of hydrogen-bond acceptors (Lipinski definition) is 3. The Hall–Kier alpha value is -1.06. The third-order valence-corrected chi connectivity index (χ3v) is 3.19. The van der Waals surface area contributed by atoms with E-state index in [0.29, 0.717) is 0 Å². The van der Waals surface area contributed by atoms with Crippen LogP contribution in [0.15, 0.2) is 24.3 Å². The highest BCUT2D eigenvalue weighted by Gasteiger charge is 2.24. The fourth-order valence-corrected chi connectivity index (χ4v) is 2.54. The summed E-state index contributed by atoms with van der Waals surface area (Å²) in [5.74, 6) is 0. The van der Waals surface area contributed by atoms with Gasteiger partial charge in [-0.15, -0.1) is 0 Å². The second kappa shape index (κ2) is 5.07. The Kier molecular flexibility index (Phi) is 3.69. The van der Waals surface area contributed by atoms with Crippen molar-refractivity contribution in [3.05, 3.63) is 29.8 Å². The van der Waals surface area contributed by atoms with Gasteiger partial charge in [-0.05, 0) is 32.4 Å². The average molecular weight is 234 g/mol. The van der Waals surface area contributed by atoms with Crippen molar-refractivity contribution in [2.75, 3.05) is 18.0 Å². The molecule has 17 heavy (non-hydrogen) atoms. The summed E-state index contributed by atoms with van der Waals surface area (Å²) in [5, 5.41) is 0. The molecule has 0 amide bonds. The summed E-state index contributed by atoms with van der Waals surface area (Å²) >= 11 is 0. The maximum Gasteiger partial charge on any atom is 0.0726 e. The molecular weight excluding hydrogens is 212 g/mol. The quantitative estimate of drug-likeness (QED) is 0.853. The Bertz CT molecular complexity index is 368. The molecule has 1 heterocycles. The molecule has 1 aromatic carbocycles. The summed E-state index contributed by atoms with van der Waals surface area (Å²) in [7, 11) is 0. The van der Waals surface area contributed by atoms with Crippen LogP contribution >= 0.6 is 0 Å². The first-order valence-electron chi connectivity index (χ1n) is 6.33. The minimum absolute atomic E-state index is 0.0691. The normalized spacial score (nSPS) is 26.9. The lowest BCUT2D eigenvalue weighted by molar-refractivity contribution is -0.00527. The monoisotopic (exact) mass is 234 g/mol. The lowest BCUT2D eigenvalue weighted by Gasteiger charge is -2.38. The van der Waals surface area contributed by atoms with E-state index in [4.69, 9.17) is 10.5 Å². The molecule has 3 heteroatoms. The molecular formula is C14H22N2O. The standard InChI is InChI=1S/C14H22N2O/c1-10-8-16(9-11(2)17-10)14-7-5-4-6-13(14)12(3)15/h4-7,10-12H,8-9,15H2,1-3H3/t10-,11+,12-/m1/s1. The van der Waals surface area contributed by atoms with Crippen LogP contribution in [0.4, 0.5) is 5.69 Å². The topological polar surface area (TPSA) is 38.5 Å². The van der Waals surface area contributed by atoms with Gasteiger partial charge in [0.05, 0.1) is 12.2 Å². The van der Waals surface area contributed by atoms with Crippen LogP contribution in [0.2, 0.25) is 0 Å². The number of anilines is 1. The van der Waals surface area contributed by atoms with E-state index in [0.717, 1.165) is 13.1 Å². The summed E-state index contributed by atoms with van der Waals surface area (Å²) in [6.07, 6.45) is 0.555. The van der Waals surface area contributed by atoms with E-state index in [9.17, 15) is 0 Å². The summed E-state index contributed by atoms with van der Waals surface area (Å²) in [5.41, 5.74) is 8.50. The maximum absolute atomic E-state index is 6.03. The largest absolute Gasteiger partial charge is 0.372 e. The van der Waals surface area contributed by atoms with Crippen molar-refractivity contribution in [2.24, 2.45) is 5.73 Å². The Morgan fingerprint density at radius 1 is 1.24 bits per heavy atom. The second-order valence-corrected chi connectivity index (χ2v) is 5.01. The molecule has 3 nitrogen and oxygen atoms in total. The van der Waals surface area contributed by atoms with Gasteiger partial charge >= 0.3 is 0 Å². The van der Waals surface area contributed by atoms with E-state index in [1.165, 1.54) is 11.3 Å². The van der Waals surface area contributed by atoms with Gasteiger partial charge in [-0.2, -0.15) is 0 Å². The SMILES string of the molecule is C[C@@H]1CN(c2ccccc2[C@@H](C)N)C[C@H](C)O1. The van der Waals surface area contributed by atoms with Crippen LogP contribution in [0.1, 0.15) is 32.4 Å². The molecule has 1 saturated heterocycles. The van der Waals surface area contributed by atoms with Crippen molar-refractivity contribution >= 4 is 5.69 Å². The van der Waals surface area contributed by atoms with Crippen molar-refractivity contribution in [3.8, 4) is 0 Å². The van der Waals surface area contributed by atoms with E-state index in [1.54, 1.807) is 0 Å². The maximum atomic E-state index is 6.03. The molecule has 3 atom stereocenters. The van der Waals surface area contributed by atoms with Gasteiger partial charge in [-0.25, -0.2) is 0 Å². The minimum atomic E-state index is 0.0691. The van der Waals surface area contributed by atoms with E-state index in [-0.39, 0.29) is 18.2 Å². The van der Waals surface area contributed by atoms with Gasteiger partial charge in [-0.3, -0.25) is 0 Å². The van der Waals surface area contributed by atoms with Crippen LogP contribution < -0.4 is 10.6 Å². The lowest BCUT2D eigenvalue weighted by Crippen LogP contribution is -2.46. The molecule has 1 aromatic rings. The molecule has 0 unspecified atom stereocenters. The number of para-hydroxylation sites is 1. The van der Waals surface area contributed by atoms with Gasteiger partial charge in [0.25, 0.3) is 0 Å². The number of nitrogens with two attached hydrogens (primary N) is 1. The van der Waals surface area contributed by atoms with Crippen LogP contribution in [0, 0.1) is 0 Å². The van der Waals surface area contributed by atoms with Crippen LogP contribution in [0.25, 0.3) is 0 Å². The van der Waals surface area contributed by atoms with E-state index in [2.05, 4.69) is 43.0 Å². The highest BCUT2D eigenvalue weighted by Crippen LogP contribution is 2.27. The number of ether oxygens (including phenoxy) is 1. The number of nitrogens with zero attached hydrogens (tertiary/aromatic N) is 1. The van der Waals surface area contributed by atoms with E-state index in [1.807, 2.05) is 6.92 Å². The lowest BCUT2D eigenvalue weighted by atomic mass is 10.0. The highest BCUT2D eigenvalue weighted by atomic mass is 16.5. The molecule has 2 rings (SSSR count). The Labute approximate surface area is 104 Å². The first kappa shape index (κ1) is 12.4. The average Bonchev–Trinajstić information content (AvgIpc) is 2.27. The van der Waals surface area contributed by atoms with Crippen molar-refractivity contribution in [3.63, 3.8) is 0 Å². The molecule has 0 spiro atoms. The molecule has 0 aromatic heterocycles. The van der Waals surface area contributed by atoms with Gasteiger partial charge in [0, 0.05) is 24.8 Å². The molecule has 0 saturated carbocycles. The highest BCUT2D eigenvalue weighted by molar-refractivity contribution is 5.55. The fraction of sp³-hybridized carbons (Fsp3) is 0.571. The molecule has 0 radical (unpaired) electrons. The van der Waals surface area contributed by atoms with E-state index >= 15 is 0 Å². The molecule has 1 fully saturated rings. The van der Waals surface area contributed by atoms with Crippen LogP contribution in [-0.4, -0.2) is 25.3 Å². The molecule has 0 aliphatic carbocycles. The Balaban J connectivity index is 2.27. The minimum Gasteiger partial charge on any atom is -0.372 e. The van der Waals surface area contributed by atoms with Crippen LogP contribution in [0.5, 0.6) is 0 Å². The molecule has 1 aliphatic heterocycles. The Morgan fingerprint density at radius 3 is 2.41 bits per heavy atom. The van der Waals surface area contributed by atoms with Crippen molar-refractivity contribution in [1.29, 1.82) is 0 Å². The third kappa shape index (κ3) is 2.79. The van der Waals surface area contributed by atoms with Crippen LogP contribution in [-0.2, 0) is 4.74 Å². The Morgan fingerprint density at radius 2 is 1.82 bits per heavy atom. The predicted molar refractivity (Wildman–Crippen MR) is 71.3 cm³/mol. The van der Waals surface area contributed by atoms with Gasteiger partial charge < -0.3 is 15.4 Å². The zero-order chi connectivity index (χ0) is 12.4. The number of morpholine rings is 1. The fourth-order valence-electron chi connectivity index (χ4n) is 2.54. The van der Waals surface area contributed by atoms with Crippen molar-refractivity contribution in [1.82, 2.24) is 0 Å². The molecule has 1 aliphatic rings. The van der Waals surface area contributed by atoms with Gasteiger partial charge in [-0.1, -0.05) is 18.2 Å². The zero-order valence-electron chi connectivity index (χ0n) is 10.9. The smallest absolute Gasteiger partial charge is 0.0726 e. The summed E-state index contributed by atoms with van der Waals surface area (Å²) < 4.78 is 5.77. The van der Waals surface area contributed by atoms with Gasteiger partial charge in [0.1, 0.15) is 0 Å². The predicted octanol–water partition coefficient (Wildman–Crippen LogP) is 2.32. The summed E-state index contributed by atoms with van der Waals surface area (Å²) in [6.45, 7) is 8.16. The van der Waals surface area contributed by atoms with Crippen molar-refractivity contribution < 1.29 is 4.74 Å². The summed E-state index contributed by atoms with van der Waals surface area (Å²) in [6, 6.07) is 8.47. The first-order chi connectivity index (χ1) is 8.08. The first-order valence-corrected chi connectivity index (χ1v) is 6.33. The second-order valence-electron chi connectivity index (χ2n) is 5.01. The van der Waals surface area contributed by atoms with Gasteiger partial charge in [0.15, 0.2) is 0 Å². The molecule has 2 N–H and O–H groups in total. The number of rotatable bonds is 2. The molecule has 94 valence electrons. The number of benzene rings is 1. The van der Waals surface area contributed by atoms with Crippen LogP contribution in [0.3, 0.4) is 0 Å². The van der Waals surface area contributed by atoms with Gasteiger partial charge in [0.2, 0.25) is 0 Å². The van der Waals surface area contributed by atoms with Crippen molar-refractivity contribution in [2.45, 2.75) is 39.0 Å². The summed E-state index contributed by atoms with van der Waals surface area (Å²) in [4.78, 5) is 2.39. The zero-order valence-corrected chi connectivity index (χ0v) is 10.9.